The van der Waals surface area contributed by atoms with Crippen molar-refractivity contribution in [2.75, 3.05) is 11.9 Å². The third-order valence-corrected chi connectivity index (χ3v) is 7.11. The van der Waals surface area contributed by atoms with Gasteiger partial charge in [-0.1, -0.05) is 41.1 Å². The fraction of sp³-hybridized carbons (Fsp3) is 0.318. The number of nitrogens with one attached hydrogen (secondary N) is 1. The lowest BCUT2D eigenvalue weighted by Gasteiger charge is -2.29. The van der Waals surface area contributed by atoms with Crippen LogP contribution in [0.25, 0.3) is 0 Å². The number of hydrogen-bond acceptors (Lipinski definition) is 7. The number of aromatic nitrogens is 2. The van der Waals surface area contributed by atoms with E-state index in [1.807, 2.05) is 51.1 Å². The standard InChI is InChI=1S/C22H23ClN4O3S2/c1-22(2,3)30-21(28)27-10-9-16-17(13-27)31-20(24-16)26-19-12-15(11-18(23)25-19)32(29)14-7-5-4-6-8-14/h4-8,11-12H,9-10,13H2,1-3H3,(H,24,25,26). The van der Waals surface area contributed by atoms with E-state index in [0.29, 0.717) is 40.3 Å². The maximum Gasteiger partial charge on any atom is 0.410 e. The zero-order valence-electron chi connectivity index (χ0n) is 17.9. The number of rotatable bonds is 4. The fourth-order valence-electron chi connectivity index (χ4n) is 3.17. The van der Waals surface area contributed by atoms with E-state index in [9.17, 15) is 9.00 Å². The molecule has 0 spiro atoms. The van der Waals surface area contributed by atoms with Gasteiger partial charge in [0.25, 0.3) is 0 Å². The Hall–Kier alpha value is -2.49. The van der Waals surface area contributed by atoms with Crippen molar-refractivity contribution in [3.63, 3.8) is 0 Å². The Kier molecular flexibility index (Phi) is 6.50. The summed E-state index contributed by atoms with van der Waals surface area (Å²) in [6.45, 7) is 6.57. The fourth-order valence-corrected chi connectivity index (χ4v) is 5.58. The highest BCUT2D eigenvalue weighted by Gasteiger charge is 2.28. The molecule has 4 rings (SSSR count). The number of hydrogen-bond donors (Lipinski definition) is 1. The molecule has 1 unspecified atom stereocenters. The number of nitrogens with zero attached hydrogens (tertiary/aromatic N) is 3. The van der Waals surface area contributed by atoms with E-state index >= 15 is 0 Å². The van der Waals surface area contributed by atoms with Crippen LogP contribution < -0.4 is 5.32 Å². The lowest BCUT2D eigenvalue weighted by atomic mass is 10.2. The van der Waals surface area contributed by atoms with Gasteiger partial charge >= 0.3 is 6.09 Å². The number of carbonyl (C=O) groups is 1. The number of fused-ring (bicyclic) bond motifs is 1. The predicted octanol–water partition coefficient (Wildman–Crippen LogP) is 5.40. The maximum atomic E-state index is 12.9. The van der Waals surface area contributed by atoms with Crippen molar-refractivity contribution in [3.05, 3.63) is 58.2 Å². The van der Waals surface area contributed by atoms with Gasteiger partial charge in [0.2, 0.25) is 0 Å². The van der Waals surface area contributed by atoms with Crippen molar-refractivity contribution in [2.45, 2.75) is 49.1 Å². The van der Waals surface area contributed by atoms with E-state index in [1.54, 1.807) is 17.0 Å². The van der Waals surface area contributed by atoms with Gasteiger partial charge in [-0.25, -0.2) is 19.0 Å². The molecule has 0 saturated carbocycles. The van der Waals surface area contributed by atoms with Gasteiger partial charge < -0.3 is 15.0 Å². The number of pyridine rings is 1. The van der Waals surface area contributed by atoms with Crippen molar-refractivity contribution in [1.82, 2.24) is 14.9 Å². The molecule has 3 aromatic rings. The Labute approximate surface area is 198 Å². The minimum Gasteiger partial charge on any atom is -0.444 e. The molecule has 0 bridgehead atoms. The van der Waals surface area contributed by atoms with Crippen LogP contribution >= 0.6 is 22.9 Å². The van der Waals surface area contributed by atoms with Gasteiger partial charge in [0, 0.05) is 22.7 Å². The Morgan fingerprint density at radius 3 is 2.66 bits per heavy atom. The van der Waals surface area contributed by atoms with Crippen LogP contribution in [-0.4, -0.2) is 37.3 Å². The molecule has 1 amide bonds. The molecule has 1 N–H and O–H groups in total. The normalized spacial score (nSPS) is 14.6. The van der Waals surface area contributed by atoms with Crippen molar-refractivity contribution < 1.29 is 13.7 Å². The number of thiazole rings is 1. The van der Waals surface area contributed by atoms with Gasteiger partial charge in [0.05, 0.1) is 27.9 Å². The molecule has 1 aliphatic rings. The monoisotopic (exact) mass is 490 g/mol. The highest BCUT2D eigenvalue weighted by Crippen LogP contribution is 2.31. The first-order valence-corrected chi connectivity index (χ1v) is 12.4. The van der Waals surface area contributed by atoms with Crippen LogP contribution in [0, 0.1) is 0 Å². The molecule has 7 nitrogen and oxygen atoms in total. The molecular weight excluding hydrogens is 468 g/mol. The zero-order chi connectivity index (χ0) is 22.9. The first kappa shape index (κ1) is 22.7. The quantitative estimate of drug-likeness (QED) is 0.493. The molecule has 0 aliphatic carbocycles. The maximum absolute atomic E-state index is 12.9. The van der Waals surface area contributed by atoms with Gasteiger partial charge in [-0.15, -0.1) is 0 Å². The summed E-state index contributed by atoms with van der Waals surface area (Å²) >= 11 is 7.65. The average Bonchev–Trinajstić information content (AvgIpc) is 3.13. The van der Waals surface area contributed by atoms with Crippen LogP contribution in [0.15, 0.2) is 52.3 Å². The summed E-state index contributed by atoms with van der Waals surface area (Å²) in [7, 11) is -1.38. The Balaban J connectivity index is 1.50. The zero-order valence-corrected chi connectivity index (χ0v) is 20.3. The summed E-state index contributed by atoms with van der Waals surface area (Å²) < 4.78 is 18.4. The summed E-state index contributed by atoms with van der Waals surface area (Å²) in [6, 6.07) is 12.5. The first-order chi connectivity index (χ1) is 15.2. The van der Waals surface area contributed by atoms with Crippen molar-refractivity contribution in [2.24, 2.45) is 0 Å². The first-order valence-electron chi connectivity index (χ1n) is 10.1. The minimum absolute atomic E-state index is 0.242. The molecule has 32 heavy (non-hydrogen) atoms. The van der Waals surface area contributed by atoms with Crippen molar-refractivity contribution in [3.8, 4) is 0 Å². The van der Waals surface area contributed by atoms with Crippen LogP contribution in [0.1, 0.15) is 31.3 Å². The topological polar surface area (TPSA) is 84.4 Å². The van der Waals surface area contributed by atoms with Gasteiger partial charge in [-0.2, -0.15) is 0 Å². The van der Waals surface area contributed by atoms with Gasteiger partial charge in [0.15, 0.2) is 5.13 Å². The van der Waals surface area contributed by atoms with Gasteiger partial charge in [-0.3, -0.25) is 0 Å². The Bertz CT molecular complexity index is 1160. The summed E-state index contributed by atoms with van der Waals surface area (Å²) in [5.41, 5.74) is 0.417. The molecular formula is C22H23ClN4O3S2. The van der Waals surface area contributed by atoms with Crippen LogP contribution in [0.5, 0.6) is 0 Å². The van der Waals surface area contributed by atoms with E-state index in [2.05, 4.69) is 15.3 Å². The van der Waals surface area contributed by atoms with Crippen molar-refractivity contribution >= 4 is 50.8 Å². The predicted molar refractivity (Wildman–Crippen MR) is 126 cm³/mol. The smallest absolute Gasteiger partial charge is 0.410 e. The van der Waals surface area contributed by atoms with E-state index in [4.69, 9.17) is 16.3 Å². The molecule has 1 atom stereocenters. The van der Waals surface area contributed by atoms with Gasteiger partial charge in [0.1, 0.15) is 16.6 Å². The van der Waals surface area contributed by atoms with Gasteiger partial charge in [-0.05, 0) is 45.0 Å². The van der Waals surface area contributed by atoms with Crippen LogP contribution in [-0.2, 0) is 28.5 Å². The molecule has 0 saturated heterocycles. The number of halogens is 1. The van der Waals surface area contributed by atoms with E-state index < -0.39 is 16.4 Å². The SMILES string of the molecule is CC(C)(C)OC(=O)N1CCc2nc(Nc3cc(S(=O)c4ccccc4)cc(Cl)n3)sc2C1. The Morgan fingerprint density at radius 1 is 1.19 bits per heavy atom. The number of ether oxygens (including phenoxy) is 1. The highest BCUT2D eigenvalue weighted by molar-refractivity contribution is 7.85. The number of amides is 1. The largest absolute Gasteiger partial charge is 0.444 e. The third-order valence-electron chi connectivity index (χ3n) is 4.56. The summed E-state index contributed by atoms with van der Waals surface area (Å²) in [5, 5.41) is 4.06. The van der Waals surface area contributed by atoms with Crippen LogP contribution in [0.4, 0.5) is 15.7 Å². The Morgan fingerprint density at radius 2 is 1.94 bits per heavy atom. The van der Waals surface area contributed by atoms with E-state index in [0.717, 1.165) is 10.6 Å². The molecule has 2 aromatic heterocycles. The second-order valence-electron chi connectivity index (χ2n) is 8.26. The van der Waals surface area contributed by atoms with E-state index in [-0.39, 0.29) is 11.2 Å². The molecule has 10 heteroatoms. The van der Waals surface area contributed by atoms with Crippen LogP contribution in [0.2, 0.25) is 5.15 Å². The average molecular weight is 491 g/mol. The molecule has 3 heterocycles. The highest BCUT2D eigenvalue weighted by atomic mass is 35.5. The molecule has 0 radical (unpaired) electrons. The lowest BCUT2D eigenvalue weighted by molar-refractivity contribution is 0.0225. The number of carbonyl (C=O) groups excluding carboxylic acids is 1. The number of anilines is 2. The minimum atomic E-state index is -1.38. The summed E-state index contributed by atoms with van der Waals surface area (Å²) in [4.78, 5) is 25.3. The second-order valence-corrected chi connectivity index (χ2v) is 11.2. The lowest BCUT2D eigenvalue weighted by Crippen LogP contribution is -2.39. The summed E-state index contributed by atoms with van der Waals surface area (Å²) in [6.07, 6.45) is 0.328. The van der Waals surface area contributed by atoms with E-state index in [1.165, 1.54) is 11.3 Å². The molecule has 1 aliphatic heterocycles. The molecule has 1 aromatic carbocycles. The molecule has 0 fully saturated rings. The third kappa shape index (κ3) is 5.46. The second kappa shape index (κ2) is 9.17. The summed E-state index contributed by atoms with van der Waals surface area (Å²) in [5.74, 6) is 0.465. The number of benzene rings is 1. The van der Waals surface area contributed by atoms with Crippen LogP contribution in [0.3, 0.4) is 0 Å². The van der Waals surface area contributed by atoms with Crippen molar-refractivity contribution in [1.29, 1.82) is 0 Å². The molecule has 168 valence electrons.